The molecule has 0 radical (unpaired) electrons. The summed E-state index contributed by atoms with van der Waals surface area (Å²) in [6, 6.07) is 7.79. The number of nitrogens with two attached hydrogens (primary N) is 2. The molecule has 9 heteroatoms. The first-order chi connectivity index (χ1) is 12.8. The summed E-state index contributed by atoms with van der Waals surface area (Å²) in [7, 11) is 0. The summed E-state index contributed by atoms with van der Waals surface area (Å²) >= 11 is 0. The van der Waals surface area contributed by atoms with Crippen molar-refractivity contribution in [2.75, 3.05) is 6.61 Å². The lowest BCUT2D eigenvalue weighted by Gasteiger charge is -2.08. The highest BCUT2D eigenvalue weighted by molar-refractivity contribution is 6.19. The molecule has 0 fully saturated rings. The van der Waals surface area contributed by atoms with Crippen LogP contribution in [0.1, 0.15) is 10.4 Å². The van der Waals surface area contributed by atoms with Crippen LogP contribution in [0, 0.1) is 17.5 Å². The molecule has 0 aromatic heterocycles. The predicted molar refractivity (Wildman–Crippen MR) is 91.6 cm³/mol. The summed E-state index contributed by atoms with van der Waals surface area (Å²) in [4.78, 5) is 27.8. The fourth-order valence-corrected chi connectivity index (χ4v) is 2.02. The van der Waals surface area contributed by atoms with Crippen LogP contribution < -0.4 is 11.5 Å². The van der Waals surface area contributed by atoms with Crippen LogP contribution in [0.4, 0.5) is 18.9 Å². The molecule has 0 spiro atoms. The Morgan fingerprint density at radius 1 is 1.04 bits per heavy atom. The van der Waals surface area contributed by atoms with Crippen molar-refractivity contribution in [3.63, 3.8) is 0 Å². The third-order valence-electron chi connectivity index (χ3n) is 3.31. The average molecular weight is 377 g/mol. The Balaban J connectivity index is 2.09. The van der Waals surface area contributed by atoms with Gasteiger partial charge in [0.05, 0.1) is 11.3 Å². The van der Waals surface area contributed by atoms with Crippen molar-refractivity contribution in [2.45, 2.75) is 0 Å². The minimum atomic E-state index is -1.12. The Labute approximate surface area is 151 Å². The second-order valence-corrected chi connectivity index (χ2v) is 5.15. The van der Waals surface area contributed by atoms with Gasteiger partial charge in [0, 0.05) is 6.20 Å². The Hall–Kier alpha value is -3.62. The van der Waals surface area contributed by atoms with E-state index in [1.807, 2.05) is 0 Å². The fourth-order valence-electron chi connectivity index (χ4n) is 2.02. The molecule has 0 atom stereocenters. The highest BCUT2D eigenvalue weighted by Gasteiger charge is 2.21. The summed E-state index contributed by atoms with van der Waals surface area (Å²) in [6.45, 7) is -0.933. The van der Waals surface area contributed by atoms with E-state index in [1.165, 1.54) is 12.1 Å². The lowest BCUT2D eigenvalue weighted by atomic mass is 10.1. The van der Waals surface area contributed by atoms with Crippen molar-refractivity contribution in [3.05, 3.63) is 77.3 Å². The first-order valence-electron chi connectivity index (χ1n) is 7.49. The summed E-state index contributed by atoms with van der Waals surface area (Å²) in [6.07, 6.45) is 0.804. The maximum Gasteiger partial charge on any atom is 0.343 e. The molecule has 2 aromatic rings. The van der Waals surface area contributed by atoms with Crippen LogP contribution in [0.15, 0.2) is 59.2 Å². The lowest BCUT2D eigenvalue weighted by Crippen LogP contribution is -2.26. The number of ether oxygens (including phenoxy) is 1. The summed E-state index contributed by atoms with van der Waals surface area (Å²) in [5, 5.41) is 0. The molecule has 140 valence electrons. The van der Waals surface area contributed by atoms with Crippen molar-refractivity contribution in [1.82, 2.24) is 0 Å². The standard InChI is InChI=1S/C18H14F3N3O3/c19-10-4-6-11(7-5-10)24-17(23)12(8-22)18(26)27-9-15(25)16-13(20)2-1-3-14(16)21/h1-8H,9,22H2,(H2,23,24). The largest absolute Gasteiger partial charge is 0.454 e. The van der Waals surface area contributed by atoms with E-state index in [9.17, 15) is 22.8 Å². The second-order valence-electron chi connectivity index (χ2n) is 5.15. The molecule has 0 saturated heterocycles. The SMILES string of the molecule is NC=C(C(=O)OCC(=O)c1c(F)cccc1F)C(N)=Nc1ccc(F)cc1. The number of hydrogen-bond acceptors (Lipinski definition) is 5. The molecular formula is C18H14F3N3O3. The third kappa shape index (κ3) is 4.94. The minimum Gasteiger partial charge on any atom is -0.454 e. The number of amidine groups is 1. The Morgan fingerprint density at radius 3 is 2.19 bits per heavy atom. The quantitative estimate of drug-likeness (QED) is 0.264. The number of hydrogen-bond donors (Lipinski definition) is 2. The summed E-state index contributed by atoms with van der Waals surface area (Å²) < 4.78 is 44.7. The number of ketones is 1. The van der Waals surface area contributed by atoms with Gasteiger partial charge in [0.2, 0.25) is 5.78 Å². The van der Waals surface area contributed by atoms with E-state index in [2.05, 4.69) is 4.99 Å². The predicted octanol–water partition coefficient (Wildman–Crippen LogP) is 2.36. The van der Waals surface area contributed by atoms with Crippen LogP contribution in [-0.4, -0.2) is 24.2 Å². The molecule has 27 heavy (non-hydrogen) atoms. The van der Waals surface area contributed by atoms with Crippen LogP contribution in [0.5, 0.6) is 0 Å². The van der Waals surface area contributed by atoms with Gasteiger partial charge in [0.1, 0.15) is 28.9 Å². The number of benzene rings is 2. The zero-order valence-electron chi connectivity index (χ0n) is 13.8. The van der Waals surface area contributed by atoms with E-state index in [4.69, 9.17) is 16.2 Å². The van der Waals surface area contributed by atoms with E-state index in [0.29, 0.717) is 0 Å². The number of nitrogens with zero attached hydrogens (tertiary/aromatic N) is 1. The molecule has 0 bridgehead atoms. The van der Waals surface area contributed by atoms with Crippen molar-refractivity contribution < 1.29 is 27.5 Å². The summed E-state index contributed by atoms with van der Waals surface area (Å²) in [5.41, 5.74) is 10.0. The molecule has 2 aromatic carbocycles. The zero-order chi connectivity index (χ0) is 20.0. The second kappa shape index (κ2) is 8.65. The molecule has 0 heterocycles. The first kappa shape index (κ1) is 19.7. The number of halogens is 3. The van der Waals surface area contributed by atoms with E-state index in [-0.39, 0.29) is 17.1 Å². The van der Waals surface area contributed by atoms with Gasteiger partial charge in [-0.2, -0.15) is 0 Å². The van der Waals surface area contributed by atoms with Crippen molar-refractivity contribution in [1.29, 1.82) is 0 Å². The van der Waals surface area contributed by atoms with Crippen LogP contribution in [0.3, 0.4) is 0 Å². The topological polar surface area (TPSA) is 108 Å². The number of esters is 1. The first-order valence-corrected chi connectivity index (χ1v) is 7.49. The number of carbonyl (C=O) groups excluding carboxylic acids is 2. The Morgan fingerprint density at radius 2 is 1.63 bits per heavy atom. The van der Waals surface area contributed by atoms with Crippen LogP contribution >= 0.6 is 0 Å². The molecule has 0 aliphatic rings. The maximum atomic E-state index is 13.6. The zero-order valence-corrected chi connectivity index (χ0v) is 13.8. The van der Waals surface area contributed by atoms with E-state index in [1.54, 1.807) is 0 Å². The van der Waals surface area contributed by atoms with Gasteiger partial charge in [0.25, 0.3) is 0 Å². The molecule has 0 saturated carbocycles. The molecule has 4 N–H and O–H groups in total. The molecule has 2 rings (SSSR count). The fraction of sp³-hybridized carbons (Fsp3) is 0.0556. The lowest BCUT2D eigenvalue weighted by molar-refractivity contribution is -0.137. The molecule has 0 amide bonds. The molecule has 0 aliphatic carbocycles. The van der Waals surface area contributed by atoms with Gasteiger partial charge in [-0.05, 0) is 36.4 Å². The third-order valence-corrected chi connectivity index (χ3v) is 3.31. The van der Waals surface area contributed by atoms with E-state index >= 15 is 0 Å². The number of carbonyl (C=O) groups is 2. The van der Waals surface area contributed by atoms with Gasteiger partial charge in [-0.25, -0.2) is 23.0 Å². The van der Waals surface area contributed by atoms with Crippen LogP contribution in [-0.2, 0) is 9.53 Å². The molecule has 0 aliphatic heterocycles. The van der Waals surface area contributed by atoms with Gasteiger partial charge in [-0.3, -0.25) is 4.79 Å². The Bertz CT molecular complexity index is 905. The van der Waals surface area contributed by atoms with E-state index in [0.717, 1.165) is 36.5 Å². The molecule has 0 unspecified atom stereocenters. The molecule has 6 nitrogen and oxygen atoms in total. The number of Topliss-reactive ketones (excluding diaryl/α,β-unsaturated/α-hetero) is 1. The normalized spacial score (nSPS) is 12.0. The van der Waals surface area contributed by atoms with Gasteiger partial charge >= 0.3 is 5.97 Å². The van der Waals surface area contributed by atoms with E-state index < -0.39 is 41.4 Å². The van der Waals surface area contributed by atoms with Crippen molar-refractivity contribution in [2.24, 2.45) is 16.5 Å². The van der Waals surface area contributed by atoms with Gasteiger partial charge in [-0.15, -0.1) is 0 Å². The maximum absolute atomic E-state index is 13.6. The minimum absolute atomic E-state index is 0.241. The van der Waals surface area contributed by atoms with Gasteiger partial charge < -0.3 is 16.2 Å². The smallest absolute Gasteiger partial charge is 0.343 e. The van der Waals surface area contributed by atoms with Gasteiger partial charge in [-0.1, -0.05) is 6.07 Å². The highest BCUT2D eigenvalue weighted by atomic mass is 19.1. The average Bonchev–Trinajstić information content (AvgIpc) is 2.62. The number of rotatable bonds is 6. The molecular weight excluding hydrogens is 363 g/mol. The highest BCUT2D eigenvalue weighted by Crippen LogP contribution is 2.15. The Kier molecular flexibility index (Phi) is 6.32. The van der Waals surface area contributed by atoms with Crippen molar-refractivity contribution >= 4 is 23.3 Å². The monoisotopic (exact) mass is 377 g/mol. The summed E-state index contributed by atoms with van der Waals surface area (Å²) in [5.74, 6) is -5.19. The van der Waals surface area contributed by atoms with Crippen molar-refractivity contribution in [3.8, 4) is 0 Å². The number of aliphatic imine (C=N–C) groups is 1. The van der Waals surface area contributed by atoms with Gasteiger partial charge in [0.15, 0.2) is 6.61 Å². The van der Waals surface area contributed by atoms with Crippen LogP contribution in [0.25, 0.3) is 0 Å². The van der Waals surface area contributed by atoms with Crippen LogP contribution in [0.2, 0.25) is 0 Å².